The van der Waals surface area contributed by atoms with Crippen LogP contribution in [0.1, 0.15) is 25.4 Å². The van der Waals surface area contributed by atoms with Crippen molar-refractivity contribution < 1.29 is 28.3 Å². The van der Waals surface area contributed by atoms with Crippen LogP contribution in [0.5, 0.6) is 0 Å². The Hall–Kier alpha value is -3.85. The molecule has 0 saturated heterocycles. The fourth-order valence-corrected chi connectivity index (χ4v) is 3.51. The molecule has 1 aliphatic heterocycles. The van der Waals surface area contributed by atoms with Gasteiger partial charge in [0.1, 0.15) is 11.5 Å². The smallest absolute Gasteiger partial charge is 0.340 e. The summed E-state index contributed by atoms with van der Waals surface area (Å²) in [7, 11) is 1.25. The summed E-state index contributed by atoms with van der Waals surface area (Å²) in [5, 5.41) is 5.32. The zero-order chi connectivity index (χ0) is 24.1. The SMILES string of the molecule is CCN1C(=O)/C(=C/c2ccc(CNC(=O)C(=O)Nc3cccc(Cl)c3)o2)C(C(=O)OC)=C1C. The zero-order valence-corrected chi connectivity index (χ0v) is 19.0. The second kappa shape index (κ2) is 10.2. The largest absolute Gasteiger partial charge is 0.465 e. The molecule has 0 atom stereocenters. The second-order valence-corrected chi connectivity index (χ2v) is 7.45. The Morgan fingerprint density at radius 2 is 1.94 bits per heavy atom. The summed E-state index contributed by atoms with van der Waals surface area (Å²) in [6.45, 7) is 3.81. The van der Waals surface area contributed by atoms with Gasteiger partial charge in [0, 0.05) is 23.0 Å². The maximum Gasteiger partial charge on any atom is 0.340 e. The molecule has 0 unspecified atom stereocenters. The number of hydrogen-bond donors (Lipinski definition) is 2. The molecule has 10 heteroatoms. The van der Waals surface area contributed by atoms with Crippen LogP contribution in [0.4, 0.5) is 5.69 Å². The number of rotatable bonds is 6. The lowest BCUT2D eigenvalue weighted by Gasteiger charge is -2.14. The normalized spacial score (nSPS) is 14.6. The molecule has 0 bridgehead atoms. The van der Waals surface area contributed by atoms with Gasteiger partial charge in [-0.25, -0.2) is 4.79 Å². The molecule has 3 rings (SSSR count). The van der Waals surface area contributed by atoms with Crippen molar-refractivity contribution in [3.63, 3.8) is 0 Å². The Kier molecular flexibility index (Phi) is 7.34. The molecular formula is C23H22ClN3O6. The minimum atomic E-state index is -0.859. The van der Waals surface area contributed by atoms with Crippen LogP contribution in [0.15, 0.2) is 57.7 Å². The van der Waals surface area contributed by atoms with Gasteiger partial charge in [-0.1, -0.05) is 17.7 Å². The van der Waals surface area contributed by atoms with E-state index >= 15 is 0 Å². The van der Waals surface area contributed by atoms with Gasteiger partial charge in [0.15, 0.2) is 0 Å². The number of anilines is 1. The van der Waals surface area contributed by atoms with Crippen molar-refractivity contribution in [3.05, 3.63) is 69.8 Å². The van der Waals surface area contributed by atoms with Crippen molar-refractivity contribution in [2.45, 2.75) is 20.4 Å². The highest BCUT2D eigenvalue weighted by atomic mass is 35.5. The number of likely N-dealkylation sites (N-methyl/N-ethyl adjacent to an activating group) is 1. The van der Waals surface area contributed by atoms with Gasteiger partial charge < -0.3 is 24.7 Å². The molecule has 0 saturated carbocycles. The van der Waals surface area contributed by atoms with E-state index in [9.17, 15) is 19.2 Å². The molecule has 0 radical (unpaired) electrons. The quantitative estimate of drug-likeness (QED) is 0.380. The number of hydrogen-bond acceptors (Lipinski definition) is 6. The van der Waals surface area contributed by atoms with E-state index in [1.54, 1.807) is 44.2 Å². The molecule has 2 N–H and O–H groups in total. The van der Waals surface area contributed by atoms with Gasteiger partial charge in [-0.05, 0) is 50.3 Å². The van der Waals surface area contributed by atoms with Crippen LogP contribution in [-0.4, -0.2) is 42.2 Å². The van der Waals surface area contributed by atoms with Gasteiger partial charge >= 0.3 is 17.8 Å². The third-order valence-corrected chi connectivity index (χ3v) is 5.13. The lowest BCUT2D eigenvalue weighted by atomic mass is 10.1. The Bertz CT molecular complexity index is 1180. The first-order chi connectivity index (χ1) is 15.7. The Balaban J connectivity index is 1.67. The van der Waals surface area contributed by atoms with Gasteiger partial charge in [0.05, 0.1) is 24.8 Å². The molecule has 33 heavy (non-hydrogen) atoms. The minimum absolute atomic E-state index is 0.0568. The van der Waals surface area contributed by atoms with Crippen molar-refractivity contribution in [3.8, 4) is 0 Å². The first-order valence-corrected chi connectivity index (χ1v) is 10.4. The maximum absolute atomic E-state index is 12.7. The molecule has 2 aromatic rings. The van der Waals surface area contributed by atoms with Crippen molar-refractivity contribution in [1.29, 1.82) is 0 Å². The maximum atomic E-state index is 12.7. The molecule has 9 nitrogen and oxygen atoms in total. The fourth-order valence-electron chi connectivity index (χ4n) is 3.32. The lowest BCUT2D eigenvalue weighted by molar-refractivity contribution is -0.136. The number of carbonyl (C=O) groups is 4. The monoisotopic (exact) mass is 471 g/mol. The highest BCUT2D eigenvalue weighted by molar-refractivity contribution is 6.39. The van der Waals surface area contributed by atoms with Crippen LogP contribution >= 0.6 is 11.6 Å². The van der Waals surface area contributed by atoms with Crippen LogP contribution in [0.2, 0.25) is 5.02 Å². The number of amides is 3. The van der Waals surface area contributed by atoms with E-state index < -0.39 is 17.8 Å². The van der Waals surface area contributed by atoms with Crippen LogP contribution in [-0.2, 0) is 30.5 Å². The number of ether oxygens (including phenoxy) is 1. The van der Waals surface area contributed by atoms with E-state index in [1.807, 2.05) is 0 Å². The Labute approximate surface area is 195 Å². The standard InChI is InChI=1S/C23H22ClN3O6/c1-4-27-13(2)19(23(31)32-3)18(22(27)30)11-16-8-9-17(33-16)12-25-20(28)21(29)26-15-7-5-6-14(24)10-15/h5-11H,4,12H2,1-3H3,(H,25,28)(H,26,29)/b18-11+. The number of methoxy groups -OCH3 is 1. The predicted molar refractivity (Wildman–Crippen MR) is 121 cm³/mol. The number of halogens is 1. The molecule has 172 valence electrons. The number of nitrogens with one attached hydrogen (secondary N) is 2. The third-order valence-electron chi connectivity index (χ3n) is 4.90. The summed E-state index contributed by atoms with van der Waals surface area (Å²) in [6.07, 6.45) is 1.45. The number of furan rings is 1. The van der Waals surface area contributed by atoms with E-state index in [-0.39, 0.29) is 23.6 Å². The van der Waals surface area contributed by atoms with Gasteiger partial charge in [-0.2, -0.15) is 0 Å². The molecule has 0 spiro atoms. The molecule has 3 amide bonds. The number of nitrogens with zero attached hydrogens (tertiary/aromatic N) is 1. The summed E-state index contributed by atoms with van der Waals surface area (Å²) in [5.74, 6) is -2.01. The van der Waals surface area contributed by atoms with E-state index in [0.29, 0.717) is 34.5 Å². The van der Waals surface area contributed by atoms with Crippen LogP contribution in [0, 0.1) is 0 Å². The number of carbonyl (C=O) groups excluding carboxylic acids is 4. The Morgan fingerprint density at radius 1 is 1.18 bits per heavy atom. The number of allylic oxidation sites excluding steroid dienone is 1. The summed E-state index contributed by atoms with van der Waals surface area (Å²) in [5.41, 5.74) is 1.23. The summed E-state index contributed by atoms with van der Waals surface area (Å²) in [4.78, 5) is 50.5. The second-order valence-electron chi connectivity index (χ2n) is 7.01. The average Bonchev–Trinajstić information content (AvgIpc) is 3.33. The van der Waals surface area contributed by atoms with Crippen LogP contribution in [0.25, 0.3) is 6.08 Å². The lowest BCUT2D eigenvalue weighted by Crippen LogP contribution is -2.34. The summed E-state index contributed by atoms with van der Waals surface area (Å²) >= 11 is 5.86. The van der Waals surface area contributed by atoms with Gasteiger partial charge in [0.25, 0.3) is 5.91 Å². The van der Waals surface area contributed by atoms with E-state index in [0.717, 1.165) is 0 Å². The fraction of sp³-hybridized carbons (Fsp3) is 0.217. The van der Waals surface area contributed by atoms with Crippen LogP contribution < -0.4 is 10.6 Å². The molecule has 1 aromatic carbocycles. The molecular weight excluding hydrogens is 450 g/mol. The average molecular weight is 472 g/mol. The Morgan fingerprint density at radius 3 is 2.61 bits per heavy atom. The van der Waals surface area contributed by atoms with Crippen molar-refractivity contribution >= 4 is 47.1 Å². The first kappa shape index (κ1) is 23.8. The van der Waals surface area contributed by atoms with Gasteiger partial charge in [0.2, 0.25) is 0 Å². The topological polar surface area (TPSA) is 118 Å². The number of benzene rings is 1. The van der Waals surface area contributed by atoms with Crippen molar-refractivity contribution in [1.82, 2.24) is 10.2 Å². The van der Waals surface area contributed by atoms with E-state index in [2.05, 4.69) is 10.6 Å². The summed E-state index contributed by atoms with van der Waals surface area (Å²) in [6, 6.07) is 9.59. The zero-order valence-electron chi connectivity index (χ0n) is 18.2. The third kappa shape index (κ3) is 5.32. The minimum Gasteiger partial charge on any atom is -0.465 e. The van der Waals surface area contributed by atoms with Crippen molar-refractivity contribution in [2.75, 3.05) is 19.0 Å². The van der Waals surface area contributed by atoms with E-state index in [1.165, 1.54) is 24.2 Å². The molecule has 2 heterocycles. The first-order valence-electron chi connectivity index (χ1n) is 10.0. The molecule has 1 aromatic heterocycles. The summed E-state index contributed by atoms with van der Waals surface area (Å²) < 4.78 is 10.5. The van der Waals surface area contributed by atoms with E-state index in [4.69, 9.17) is 20.8 Å². The van der Waals surface area contributed by atoms with Gasteiger partial charge in [-0.15, -0.1) is 0 Å². The van der Waals surface area contributed by atoms with Crippen molar-refractivity contribution in [2.24, 2.45) is 0 Å². The highest BCUT2D eigenvalue weighted by Crippen LogP contribution is 2.31. The predicted octanol–water partition coefficient (Wildman–Crippen LogP) is 2.88. The number of esters is 1. The van der Waals surface area contributed by atoms with Crippen LogP contribution in [0.3, 0.4) is 0 Å². The molecule has 1 aliphatic rings. The molecule has 0 fully saturated rings. The highest BCUT2D eigenvalue weighted by Gasteiger charge is 2.36. The van der Waals surface area contributed by atoms with Gasteiger partial charge in [-0.3, -0.25) is 14.4 Å². The molecule has 0 aliphatic carbocycles.